The van der Waals surface area contributed by atoms with Crippen molar-refractivity contribution in [2.24, 2.45) is 0 Å². The van der Waals surface area contributed by atoms with E-state index >= 15 is 0 Å². The Kier molecular flexibility index (Phi) is 3.39. The van der Waals surface area contributed by atoms with Crippen molar-refractivity contribution < 1.29 is 4.74 Å². The van der Waals surface area contributed by atoms with Crippen LogP contribution in [0.4, 0.5) is 0 Å². The number of rotatable bonds is 3. The van der Waals surface area contributed by atoms with E-state index in [9.17, 15) is 0 Å². The van der Waals surface area contributed by atoms with Crippen LogP contribution in [0.3, 0.4) is 0 Å². The van der Waals surface area contributed by atoms with Gasteiger partial charge in [-0.05, 0) is 37.5 Å². The van der Waals surface area contributed by atoms with Gasteiger partial charge in [-0.15, -0.1) is 0 Å². The first-order valence-corrected chi connectivity index (χ1v) is 7.80. The largest absolute Gasteiger partial charge is 0.376 e. The molecule has 22 heavy (non-hydrogen) atoms. The van der Waals surface area contributed by atoms with E-state index < -0.39 is 0 Å². The fraction of sp³-hybridized carbons (Fsp3) is 0.333. The van der Waals surface area contributed by atoms with Gasteiger partial charge in [0.15, 0.2) is 0 Å². The smallest absolute Gasteiger partial charge is 0.140 e. The van der Waals surface area contributed by atoms with Gasteiger partial charge in [-0.2, -0.15) is 0 Å². The third-order valence-corrected chi connectivity index (χ3v) is 4.36. The number of hydrogen-bond donors (Lipinski definition) is 0. The molecular formula is C18H19N3O. The third-order valence-electron chi connectivity index (χ3n) is 4.36. The normalized spacial score (nSPS) is 18.1. The number of aryl methyl sites for hydroxylation is 1. The lowest BCUT2D eigenvalue weighted by molar-refractivity contribution is 0.0974. The van der Waals surface area contributed by atoms with Crippen LogP contribution in [-0.4, -0.2) is 27.2 Å². The maximum Gasteiger partial charge on any atom is 0.140 e. The first kappa shape index (κ1) is 13.5. The maximum atomic E-state index is 5.77. The van der Waals surface area contributed by atoms with Crippen LogP contribution < -0.4 is 0 Å². The Morgan fingerprint density at radius 3 is 3.05 bits per heavy atom. The zero-order chi connectivity index (χ0) is 14.9. The zero-order valence-corrected chi connectivity index (χ0v) is 12.7. The molecule has 4 rings (SSSR count). The predicted octanol–water partition coefficient (Wildman–Crippen LogP) is 3.59. The minimum atomic E-state index is 0.307. The Labute approximate surface area is 129 Å². The molecule has 1 saturated heterocycles. The molecule has 0 radical (unpaired) electrons. The lowest BCUT2D eigenvalue weighted by Gasteiger charge is -2.15. The molecule has 0 N–H and O–H groups in total. The first-order valence-electron chi connectivity index (χ1n) is 7.80. The van der Waals surface area contributed by atoms with Crippen LogP contribution in [-0.2, 0) is 11.3 Å². The highest BCUT2D eigenvalue weighted by molar-refractivity contribution is 5.94. The molecule has 0 aliphatic carbocycles. The van der Waals surface area contributed by atoms with Gasteiger partial charge in [-0.1, -0.05) is 12.1 Å². The standard InChI is InChI=1S/C18H19N3O/c1-13-6-7-16-15(5-2-8-19-16)17(13)18-20-9-10-21(18)12-14-4-3-11-22-14/h2,5-10,14H,3-4,11-12H2,1H3. The summed E-state index contributed by atoms with van der Waals surface area (Å²) >= 11 is 0. The predicted molar refractivity (Wildman–Crippen MR) is 86.7 cm³/mol. The molecule has 4 nitrogen and oxygen atoms in total. The average molecular weight is 293 g/mol. The number of ether oxygens (including phenoxy) is 1. The topological polar surface area (TPSA) is 39.9 Å². The fourth-order valence-electron chi connectivity index (χ4n) is 3.25. The number of nitrogens with zero attached hydrogens (tertiary/aromatic N) is 3. The van der Waals surface area contributed by atoms with Crippen molar-refractivity contribution in [3.05, 3.63) is 48.4 Å². The molecule has 1 aliphatic rings. The summed E-state index contributed by atoms with van der Waals surface area (Å²) in [6.07, 6.45) is 8.35. The molecule has 0 amide bonds. The van der Waals surface area contributed by atoms with E-state index in [0.717, 1.165) is 42.7 Å². The number of fused-ring (bicyclic) bond motifs is 1. The number of hydrogen-bond acceptors (Lipinski definition) is 3. The summed E-state index contributed by atoms with van der Waals surface area (Å²) in [5.74, 6) is 1.01. The van der Waals surface area contributed by atoms with Gasteiger partial charge in [0.2, 0.25) is 0 Å². The second-order valence-corrected chi connectivity index (χ2v) is 5.87. The number of aromatic nitrogens is 3. The van der Waals surface area contributed by atoms with E-state index in [-0.39, 0.29) is 0 Å². The van der Waals surface area contributed by atoms with Crippen molar-refractivity contribution in [2.45, 2.75) is 32.4 Å². The molecule has 1 aromatic carbocycles. The summed E-state index contributed by atoms with van der Waals surface area (Å²) in [7, 11) is 0. The Morgan fingerprint density at radius 1 is 1.23 bits per heavy atom. The van der Waals surface area contributed by atoms with Crippen LogP contribution in [0.2, 0.25) is 0 Å². The van der Waals surface area contributed by atoms with Crippen LogP contribution >= 0.6 is 0 Å². The van der Waals surface area contributed by atoms with Crippen LogP contribution in [0.15, 0.2) is 42.9 Å². The van der Waals surface area contributed by atoms with Crippen LogP contribution in [0.25, 0.3) is 22.3 Å². The summed E-state index contributed by atoms with van der Waals surface area (Å²) in [4.78, 5) is 9.08. The van der Waals surface area contributed by atoms with E-state index in [2.05, 4.69) is 39.7 Å². The molecule has 3 aromatic rings. The van der Waals surface area contributed by atoms with E-state index in [1.54, 1.807) is 0 Å². The van der Waals surface area contributed by atoms with Gasteiger partial charge >= 0.3 is 0 Å². The van der Waals surface area contributed by atoms with Crippen LogP contribution in [0.5, 0.6) is 0 Å². The fourth-order valence-corrected chi connectivity index (χ4v) is 3.25. The highest BCUT2D eigenvalue weighted by Crippen LogP contribution is 2.30. The summed E-state index contributed by atoms with van der Waals surface area (Å²) in [6, 6.07) is 8.30. The Morgan fingerprint density at radius 2 is 2.18 bits per heavy atom. The van der Waals surface area contributed by atoms with Gasteiger partial charge in [-0.25, -0.2) is 4.98 Å². The molecular weight excluding hydrogens is 274 g/mol. The highest BCUT2D eigenvalue weighted by atomic mass is 16.5. The second-order valence-electron chi connectivity index (χ2n) is 5.87. The van der Waals surface area contributed by atoms with Gasteiger partial charge in [0.1, 0.15) is 5.82 Å². The zero-order valence-electron chi connectivity index (χ0n) is 12.7. The number of benzene rings is 1. The maximum absolute atomic E-state index is 5.77. The van der Waals surface area contributed by atoms with Crippen molar-refractivity contribution in [1.82, 2.24) is 14.5 Å². The van der Waals surface area contributed by atoms with E-state index in [1.807, 2.05) is 24.7 Å². The minimum absolute atomic E-state index is 0.307. The van der Waals surface area contributed by atoms with Crippen molar-refractivity contribution in [3.63, 3.8) is 0 Å². The third kappa shape index (κ3) is 2.29. The van der Waals surface area contributed by atoms with E-state index in [4.69, 9.17) is 4.74 Å². The molecule has 1 unspecified atom stereocenters. The van der Waals surface area contributed by atoms with Crippen LogP contribution in [0.1, 0.15) is 18.4 Å². The molecule has 1 aliphatic heterocycles. The van der Waals surface area contributed by atoms with Crippen molar-refractivity contribution in [3.8, 4) is 11.4 Å². The summed E-state index contributed by atoms with van der Waals surface area (Å²) in [5.41, 5.74) is 3.41. The lowest BCUT2D eigenvalue weighted by atomic mass is 10.0. The van der Waals surface area contributed by atoms with Gasteiger partial charge < -0.3 is 9.30 Å². The van der Waals surface area contributed by atoms with Crippen molar-refractivity contribution in [1.29, 1.82) is 0 Å². The first-order chi connectivity index (χ1) is 10.8. The molecule has 1 fully saturated rings. The quantitative estimate of drug-likeness (QED) is 0.741. The molecule has 0 saturated carbocycles. The van der Waals surface area contributed by atoms with Crippen molar-refractivity contribution >= 4 is 10.9 Å². The average Bonchev–Trinajstić information content (AvgIpc) is 3.20. The summed E-state index contributed by atoms with van der Waals surface area (Å²) < 4.78 is 7.99. The highest BCUT2D eigenvalue weighted by Gasteiger charge is 2.19. The Balaban J connectivity index is 1.82. The molecule has 4 heteroatoms. The van der Waals surface area contributed by atoms with E-state index in [1.165, 1.54) is 11.1 Å². The van der Waals surface area contributed by atoms with Gasteiger partial charge in [0, 0.05) is 36.1 Å². The van der Waals surface area contributed by atoms with Gasteiger partial charge in [-0.3, -0.25) is 4.98 Å². The SMILES string of the molecule is Cc1ccc2ncccc2c1-c1nccn1CC1CCCO1. The molecule has 0 spiro atoms. The molecule has 1 atom stereocenters. The van der Waals surface area contributed by atoms with Gasteiger partial charge in [0.25, 0.3) is 0 Å². The Hall–Kier alpha value is -2.20. The summed E-state index contributed by atoms with van der Waals surface area (Å²) in [6.45, 7) is 3.88. The molecule has 112 valence electrons. The van der Waals surface area contributed by atoms with Crippen LogP contribution in [0, 0.1) is 6.92 Å². The van der Waals surface area contributed by atoms with Crippen molar-refractivity contribution in [2.75, 3.05) is 6.61 Å². The number of pyridine rings is 1. The number of imidazole rings is 1. The molecule has 3 heterocycles. The Bertz CT molecular complexity index is 803. The second kappa shape index (κ2) is 5.54. The monoisotopic (exact) mass is 293 g/mol. The van der Waals surface area contributed by atoms with Gasteiger partial charge in [0.05, 0.1) is 18.2 Å². The molecule has 2 aromatic heterocycles. The lowest BCUT2D eigenvalue weighted by Crippen LogP contribution is -2.15. The minimum Gasteiger partial charge on any atom is -0.376 e. The molecule has 0 bridgehead atoms. The van der Waals surface area contributed by atoms with E-state index in [0.29, 0.717) is 6.10 Å². The summed E-state index contributed by atoms with van der Waals surface area (Å²) in [5, 5.41) is 1.15.